The summed E-state index contributed by atoms with van der Waals surface area (Å²) in [6, 6.07) is 11.8. The van der Waals surface area contributed by atoms with Crippen LogP contribution < -0.4 is 9.47 Å². The third-order valence-corrected chi connectivity index (χ3v) is 4.50. The first-order valence-electron chi connectivity index (χ1n) is 9.12. The summed E-state index contributed by atoms with van der Waals surface area (Å²) in [6.45, 7) is 14.6. The van der Waals surface area contributed by atoms with Crippen LogP contribution in [-0.2, 0) is 5.41 Å². The number of fused-ring (bicyclic) bond motifs is 1. The molecule has 0 saturated heterocycles. The third-order valence-electron chi connectivity index (χ3n) is 4.50. The van der Waals surface area contributed by atoms with Crippen LogP contribution in [0, 0.1) is 6.92 Å². The molecule has 2 aromatic carbocycles. The average molecular weight is 362 g/mol. The molecule has 0 N–H and O–H groups in total. The molecule has 3 nitrogen and oxygen atoms in total. The number of ketones is 1. The summed E-state index contributed by atoms with van der Waals surface area (Å²) in [4.78, 5) is 12.8. The second kappa shape index (κ2) is 7.07. The molecule has 0 spiro atoms. The van der Waals surface area contributed by atoms with Gasteiger partial charge >= 0.3 is 0 Å². The fraction of sp³-hybridized carbons (Fsp3) is 0.292. The molecule has 0 atom stereocenters. The number of hydrogen-bond donors (Lipinski definition) is 0. The Balaban J connectivity index is 1.86. The molecule has 3 rings (SSSR count). The van der Waals surface area contributed by atoms with E-state index in [4.69, 9.17) is 9.47 Å². The Kier molecular flexibility index (Phi) is 4.97. The molecular weight excluding hydrogens is 336 g/mol. The van der Waals surface area contributed by atoms with Crippen molar-refractivity contribution in [2.45, 2.75) is 40.0 Å². The molecule has 0 saturated carbocycles. The van der Waals surface area contributed by atoms with Gasteiger partial charge in [-0.3, -0.25) is 4.79 Å². The van der Waals surface area contributed by atoms with Gasteiger partial charge in [-0.1, -0.05) is 51.6 Å². The van der Waals surface area contributed by atoms with E-state index in [-0.39, 0.29) is 11.2 Å². The number of carbonyl (C=O) groups excluding carboxylic acids is 1. The molecule has 1 heterocycles. The van der Waals surface area contributed by atoms with Crippen LogP contribution in [0.1, 0.15) is 54.7 Å². The molecule has 1 aliphatic heterocycles. The van der Waals surface area contributed by atoms with Gasteiger partial charge in [0.25, 0.3) is 0 Å². The van der Waals surface area contributed by atoms with E-state index >= 15 is 0 Å². The highest BCUT2D eigenvalue weighted by Crippen LogP contribution is 2.37. The molecule has 0 aliphatic carbocycles. The third kappa shape index (κ3) is 4.13. The van der Waals surface area contributed by atoms with Crippen LogP contribution in [0.2, 0.25) is 0 Å². The summed E-state index contributed by atoms with van der Waals surface area (Å²) in [7, 11) is 0. The van der Waals surface area contributed by atoms with Gasteiger partial charge in [-0.2, -0.15) is 0 Å². The molecule has 0 unspecified atom stereocenters. The summed E-state index contributed by atoms with van der Waals surface area (Å²) in [5.74, 6) is 1.48. The van der Waals surface area contributed by atoms with Crippen molar-refractivity contribution in [2.24, 2.45) is 0 Å². The first-order valence-corrected chi connectivity index (χ1v) is 9.12. The molecule has 3 heteroatoms. The number of Topliss-reactive ketones (excluding diaryl/α,β-unsaturated/α-hetero) is 1. The number of ether oxygens (including phenoxy) is 2. The molecule has 0 radical (unpaired) electrons. The average Bonchev–Trinajstić information content (AvgIpc) is 2.89. The number of benzene rings is 2. The van der Waals surface area contributed by atoms with Crippen molar-refractivity contribution in [2.75, 3.05) is 6.61 Å². The number of carbonyl (C=O) groups is 1. The van der Waals surface area contributed by atoms with Crippen LogP contribution in [0.5, 0.6) is 11.5 Å². The van der Waals surface area contributed by atoms with Gasteiger partial charge in [-0.05, 0) is 53.7 Å². The van der Waals surface area contributed by atoms with E-state index in [2.05, 4.69) is 39.5 Å². The van der Waals surface area contributed by atoms with Crippen molar-refractivity contribution in [1.29, 1.82) is 0 Å². The Morgan fingerprint density at radius 2 is 1.85 bits per heavy atom. The van der Waals surface area contributed by atoms with Crippen molar-refractivity contribution in [1.82, 2.24) is 0 Å². The smallest absolute Gasteiger partial charge is 0.232 e. The maximum absolute atomic E-state index is 12.8. The summed E-state index contributed by atoms with van der Waals surface area (Å²) >= 11 is 0. The lowest BCUT2D eigenvalue weighted by Gasteiger charge is -2.18. The van der Waals surface area contributed by atoms with E-state index < -0.39 is 0 Å². The minimum absolute atomic E-state index is 0.0890. The second-order valence-corrected chi connectivity index (χ2v) is 8.17. The largest absolute Gasteiger partial charge is 0.489 e. The zero-order valence-corrected chi connectivity index (χ0v) is 16.7. The number of rotatable bonds is 4. The quantitative estimate of drug-likeness (QED) is 0.504. The zero-order valence-electron chi connectivity index (χ0n) is 16.7. The standard InChI is InChI=1S/C24H26O3/c1-15(2)14-26-19-11-16(3)22-20(13-19)27-21(23(22)25)12-17-7-9-18(10-8-17)24(4,5)6/h7-13H,1,14H2,2-6H3/b21-12-. The zero-order chi connectivity index (χ0) is 19.8. The summed E-state index contributed by atoms with van der Waals surface area (Å²) in [5, 5.41) is 0. The molecule has 1 aliphatic rings. The lowest BCUT2D eigenvalue weighted by molar-refractivity contribution is 0.101. The molecule has 0 aromatic heterocycles. The van der Waals surface area contributed by atoms with Gasteiger partial charge in [0.15, 0.2) is 5.76 Å². The highest BCUT2D eigenvalue weighted by molar-refractivity contribution is 6.15. The Labute approximate surface area is 161 Å². The maximum Gasteiger partial charge on any atom is 0.232 e. The van der Waals surface area contributed by atoms with Crippen molar-refractivity contribution in [3.8, 4) is 11.5 Å². The van der Waals surface area contributed by atoms with Crippen LogP contribution in [0.25, 0.3) is 6.08 Å². The van der Waals surface area contributed by atoms with Gasteiger partial charge in [-0.15, -0.1) is 0 Å². The maximum atomic E-state index is 12.8. The molecule has 2 aromatic rings. The van der Waals surface area contributed by atoms with Crippen LogP contribution in [0.4, 0.5) is 0 Å². The fourth-order valence-electron chi connectivity index (χ4n) is 3.00. The minimum Gasteiger partial charge on any atom is -0.489 e. The minimum atomic E-state index is -0.0890. The second-order valence-electron chi connectivity index (χ2n) is 8.17. The lowest BCUT2D eigenvalue weighted by atomic mass is 9.86. The monoisotopic (exact) mass is 362 g/mol. The Morgan fingerprint density at radius 1 is 1.19 bits per heavy atom. The molecule has 0 fully saturated rings. The van der Waals surface area contributed by atoms with Crippen molar-refractivity contribution in [3.05, 3.63) is 76.6 Å². The summed E-state index contributed by atoms with van der Waals surface area (Å²) in [6.07, 6.45) is 1.79. The van der Waals surface area contributed by atoms with Gasteiger partial charge in [0.2, 0.25) is 5.78 Å². The molecule has 0 amide bonds. The van der Waals surface area contributed by atoms with Gasteiger partial charge in [-0.25, -0.2) is 0 Å². The first kappa shape index (κ1) is 19.0. The van der Waals surface area contributed by atoms with E-state index in [1.165, 1.54) is 5.56 Å². The van der Waals surface area contributed by atoms with Crippen molar-refractivity contribution < 1.29 is 14.3 Å². The summed E-state index contributed by atoms with van der Waals surface area (Å²) < 4.78 is 11.6. The Bertz CT molecular complexity index is 925. The van der Waals surface area contributed by atoms with Crippen LogP contribution >= 0.6 is 0 Å². The molecular formula is C24H26O3. The van der Waals surface area contributed by atoms with Crippen LogP contribution in [0.15, 0.2) is 54.3 Å². The predicted molar refractivity (Wildman–Crippen MR) is 110 cm³/mol. The number of hydrogen-bond acceptors (Lipinski definition) is 3. The molecule has 0 bridgehead atoms. The van der Waals surface area contributed by atoms with E-state index in [0.717, 1.165) is 16.7 Å². The molecule has 27 heavy (non-hydrogen) atoms. The molecule has 140 valence electrons. The SMILES string of the molecule is C=C(C)COc1cc(C)c2c(c1)O/C(=C\c1ccc(C(C)(C)C)cc1)C2=O. The highest BCUT2D eigenvalue weighted by Gasteiger charge is 2.30. The van der Waals surface area contributed by atoms with E-state index in [9.17, 15) is 4.79 Å². The van der Waals surface area contributed by atoms with E-state index in [1.807, 2.05) is 32.0 Å². The van der Waals surface area contributed by atoms with Crippen molar-refractivity contribution >= 4 is 11.9 Å². The van der Waals surface area contributed by atoms with E-state index in [1.54, 1.807) is 12.1 Å². The van der Waals surface area contributed by atoms with Gasteiger partial charge in [0.05, 0.1) is 5.56 Å². The van der Waals surface area contributed by atoms with Gasteiger partial charge < -0.3 is 9.47 Å². The Morgan fingerprint density at radius 3 is 2.44 bits per heavy atom. The van der Waals surface area contributed by atoms with Gasteiger partial charge in [0, 0.05) is 6.07 Å². The Hall–Kier alpha value is -2.81. The fourth-order valence-corrected chi connectivity index (χ4v) is 3.00. The number of aryl methyl sites for hydroxylation is 1. The number of allylic oxidation sites excluding steroid dienone is 1. The lowest BCUT2D eigenvalue weighted by Crippen LogP contribution is -2.10. The van der Waals surface area contributed by atoms with Crippen molar-refractivity contribution in [3.63, 3.8) is 0 Å². The normalized spacial score (nSPS) is 14.9. The van der Waals surface area contributed by atoms with E-state index in [0.29, 0.717) is 29.4 Å². The summed E-state index contributed by atoms with van der Waals surface area (Å²) in [5.41, 5.74) is 4.68. The van der Waals surface area contributed by atoms with Crippen LogP contribution in [-0.4, -0.2) is 12.4 Å². The topological polar surface area (TPSA) is 35.5 Å². The first-order chi connectivity index (χ1) is 12.6. The van der Waals surface area contributed by atoms with Gasteiger partial charge in [0.1, 0.15) is 18.1 Å². The highest BCUT2D eigenvalue weighted by atomic mass is 16.5. The van der Waals surface area contributed by atoms with Crippen LogP contribution in [0.3, 0.4) is 0 Å². The predicted octanol–water partition coefficient (Wildman–Crippen LogP) is 5.86.